The summed E-state index contributed by atoms with van der Waals surface area (Å²) < 4.78 is 2.42. The van der Waals surface area contributed by atoms with Gasteiger partial charge in [-0.05, 0) is 30.5 Å². The van der Waals surface area contributed by atoms with Gasteiger partial charge in [0.15, 0.2) is 0 Å². The van der Waals surface area contributed by atoms with Gasteiger partial charge in [0.1, 0.15) is 11.4 Å². The second-order valence-corrected chi connectivity index (χ2v) is 7.88. The third-order valence-electron chi connectivity index (χ3n) is 4.48. The van der Waals surface area contributed by atoms with Crippen molar-refractivity contribution in [1.29, 1.82) is 0 Å². The lowest BCUT2D eigenvalue weighted by molar-refractivity contribution is -0.130. The molecule has 4 rings (SSSR count). The monoisotopic (exact) mass is 417 g/mol. The van der Waals surface area contributed by atoms with Crippen LogP contribution in [0.3, 0.4) is 0 Å². The topological polar surface area (TPSA) is 55.2 Å². The Balaban J connectivity index is 1.74. The van der Waals surface area contributed by atoms with Crippen LogP contribution in [-0.4, -0.2) is 33.4 Å². The van der Waals surface area contributed by atoms with E-state index in [9.17, 15) is 9.59 Å². The molecule has 0 spiro atoms. The molecule has 5 nitrogen and oxygen atoms in total. The molecule has 0 N–H and O–H groups in total. The summed E-state index contributed by atoms with van der Waals surface area (Å²) in [7, 11) is 0. The molecule has 1 aromatic carbocycles. The summed E-state index contributed by atoms with van der Waals surface area (Å²) in [6, 6.07) is 7.84. The van der Waals surface area contributed by atoms with E-state index in [2.05, 4.69) is 20.9 Å². The van der Waals surface area contributed by atoms with Crippen molar-refractivity contribution >= 4 is 43.4 Å². The molecule has 128 valence electrons. The Kier molecular flexibility index (Phi) is 4.43. The third kappa shape index (κ3) is 3.14. The molecule has 0 unspecified atom stereocenters. The molecule has 1 aliphatic rings. The van der Waals surface area contributed by atoms with Crippen molar-refractivity contribution in [3.63, 3.8) is 0 Å². The molecule has 7 heteroatoms. The Morgan fingerprint density at radius 3 is 2.64 bits per heavy atom. The standard InChI is InChI=1S/C18H16BrN3O2S/c19-13-5-3-12(4-6-13)14-10-25-17-16(14)18(24)22(11-20-17)9-15(23)21-7-1-2-8-21/h3-6,10-11H,1-2,7-9H2. The summed E-state index contributed by atoms with van der Waals surface area (Å²) in [6.45, 7) is 1.62. The number of likely N-dealkylation sites (tertiary alicyclic amines) is 1. The van der Waals surface area contributed by atoms with Crippen molar-refractivity contribution in [2.24, 2.45) is 0 Å². The van der Waals surface area contributed by atoms with Gasteiger partial charge in [0.25, 0.3) is 5.56 Å². The average molecular weight is 418 g/mol. The number of nitrogens with zero attached hydrogens (tertiary/aromatic N) is 3. The second-order valence-electron chi connectivity index (χ2n) is 6.10. The summed E-state index contributed by atoms with van der Waals surface area (Å²) >= 11 is 4.87. The number of carbonyl (C=O) groups is 1. The predicted octanol–water partition coefficient (Wildman–Crippen LogP) is 3.51. The molecule has 0 radical (unpaired) electrons. The van der Waals surface area contributed by atoms with Crippen LogP contribution >= 0.6 is 27.3 Å². The molecule has 0 saturated carbocycles. The second kappa shape index (κ2) is 6.72. The molecule has 2 aromatic heterocycles. The lowest BCUT2D eigenvalue weighted by Gasteiger charge is -2.15. The van der Waals surface area contributed by atoms with Crippen LogP contribution in [0.25, 0.3) is 21.3 Å². The van der Waals surface area contributed by atoms with Gasteiger partial charge in [0.05, 0.1) is 11.7 Å². The van der Waals surface area contributed by atoms with E-state index >= 15 is 0 Å². The fourth-order valence-electron chi connectivity index (χ4n) is 3.13. The van der Waals surface area contributed by atoms with Gasteiger partial charge in [0.2, 0.25) is 5.91 Å². The fraction of sp³-hybridized carbons (Fsp3) is 0.278. The zero-order chi connectivity index (χ0) is 17.4. The van der Waals surface area contributed by atoms with Crippen molar-refractivity contribution in [3.8, 4) is 11.1 Å². The van der Waals surface area contributed by atoms with Crippen LogP contribution in [-0.2, 0) is 11.3 Å². The minimum atomic E-state index is -0.156. The minimum absolute atomic E-state index is 0.0128. The van der Waals surface area contributed by atoms with Gasteiger partial charge < -0.3 is 4.90 Å². The van der Waals surface area contributed by atoms with Crippen LogP contribution in [0, 0.1) is 0 Å². The summed E-state index contributed by atoms with van der Waals surface area (Å²) in [5.74, 6) is -0.0128. The maximum absolute atomic E-state index is 13.0. The van der Waals surface area contributed by atoms with Gasteiger partial charge in [-0.25, -0.2) is 4.98 Å². The van der Waals surface area contributed by atoms with E-state index in [4.69, 9.17) is 0 Å². The van der Waals surface area contributed by atoms with Crippen molar-refractivity contribution in [3.05, 3.63) is 50.8 Å². The van der Waals surface area contributed by atoms with E-state index in [1.807, 2.05) is 34.5 Å². The quantitative estimate of drug-likeness (QED) is 0.654. The molecule has 0 aliphatic carbocycles. The van der Waals surface area contributed by atoms with E-state index in [0.29, 0.717) is 10.2 Å². The summed E-state index contributed by atoms with van der Waals surface area (Å²) in [4.78, 5) is 32.2. The largest absolute Gasteiger partial charge is 0.341 e. The number of benzene rings is 1. The Morgan fingerprint density at radius 2 is 1.92 bits per heavy atom. The zero-order valence-electron chi connectivity index (χ0n) is 13.4. The van der Waals surface area contributed by atoms with Gasteiger partial charge in [-0.15, -0.1) is 11.3 Å². The van der Waals surface area contributed by atoms with Crippen LogP contribution in [0.15, 0.2) is 45.2 Å². The Hall–Kier alpha value is -1.99. The number of hydrogen-bond donors (Lipinski definition) is 0. The van der Waals surface area contributed by atoms with Gasteiger partial charge in [-0.2, -0.15) is 0 Å². The Bertz CT molecular complexity index is 988. The molecule has 1 saturated heterocycles. The number of thiophene rings is 1. The SMILES string of the molecule is O=C(Cn1cnc2scc(-c3ccc(Br)cc3)c2c1=O)N1CCCC1. The minimum Gasteiger partial charge on any atom is -0.341 e. The highest BCUT2D eigenvalue weighted by Gasteiger charge is 2.20. The number of halogens is 1. The lowest BCUT2D eigenvalue weighted by atomic mass is 10.1. The number of amides is 1. The van der Waals surface area contributed by atoms with Crippen LogP contribution in [0.1, 0.15) is 12.8 Å². The Morgan fingerprint density at radius 1 is 1.20 bits per heavy atom. The normalized spacial score (nSPS) is 14.4. The zero-order valence-corrected chi connectivity index (χ0v) is 15.8. The molecule has 3 heterocycles. The first-order valence-corrected chi connectivity index (χ1v) is 9.81. The summed E-state index contributed by atoms with van der Waals surface area (Å²) in [5, 5.41) is 2.54. The van der Waals surface area contributed by atoms with Gasteiger partial charge >= 0.3 is 0 Å². The van der Waals surface area contributed by atoms with Gasteiger partial charge in [0, 0.05) is 28.5 Å². The first-order valence-electron chi connectivity index (χ1n) is 8.14. The third-order valence-corrected chi connectivity index (χ3v) is 5.90. The van der Waals surface area contributed by atoms with E-state index < -0.39 is 0 Å². The van der Waals surface area contributed by atoms with Crippen LogP contribution < -0.4 is 5.56 Å². The van der Waals surface area contributed by atoms with Crippen LogP contribution in [0.4, 0.5) is 0 Å². The first-order chi connectivity index (χ1) is 12.1. The maximum Gasteiger partial charge on any atom is 0.263 e. The highest BCUT2D eigenvalue weighted by atomic mass is 79.9. The van der Waals surface area contributed by atoms with Gasteiger partial charge in [-0.1, -0.05) is 28.1 Å². The van der Waals surface area contributed by atoms with Crippen LogP contribution in [0.5, 0.6) is 0 Å². The molecule has 0 atom stereocenters. The number of aromatic nitrogens is 2. The van der Waals surface area contributed by atoms with E-state index in [0.717, 1.165) is 41.5 Å². The first kappa shape index (κ1) is 16.5. The molecule has 1 amide bonds. The van der Waals surface area contributed by atoms with Gasteiger partial charge in [-0.3, -0.25) is 14.2 Å². The summed E-state index contributed by atoms with van der Waals surface area (Å²) in [5.41, 5.74) is 1.68. The van der Waals surface area contributed by atoms with E-state index in [-0.39, 0.29) is 18.0 Å². The van der Waals surface area contributed by atoms with E-state index in [1.54, 1.807) is 0 Å². The maximum atomic E-state index is 13.0. The molecule has 1 fully saturated rings. The lowest BCUT2D eigenvalue weighted by Crippen LogP contribution is -2.34. The average Bonchev–Trinajstić information content (AvgIpc) is 3.28. The fourth-order valence-corrected chi connectivity index (χ4v) is 4.31. The number of carbonyl (C=O) groups excluding carboxylic acids is 1. The molecule has 3 aromatic rings. The number of hydrogen-bond acceptors (Lipinski definition) is 4. The smallest absolute Gasteiger partial charge is 0.263 e. The Labute approximate surface area is 157 Å². The molecule has 0 bridgehead atoms. The highest BCUT2D eigenvalue weighted by molar-refractivity contribution is 9.10. The number of fused-ring (bicyclic) bond motifs is 1. The predicted molar refractivity (Wildman–Crippen MR) is 103 cm³/mol. The van der Waals surface area contributed by atoms with Crippen molar-refractivity contribution in [1.82, 2.24) is 14.5 Å². The molecular weight excluding hydrogens is 402 g/mol. The van der Waals surface area contributed by atoms with Crippen molar-refractivity contribution in [2.45, 2.75) is 19.4 Å². The van der Waals surface area contributed by atoms with Crippen molar-refractivity contribution < 1.29 is 4.79 Å². The van der Waals surface area contributed by atoms with E-state index in [1.165, 1.54) is 22.2 Å². The summed E-state index contributed by atoms with van der Waals surface area (Å²) in [6.07, 6.45) is 3.56. The van der Waals surface area contributed by atoms with Crippen molar-refractivity contribution in [2.75, 3.05) is 13.1 Å². The molecule has 25 heavy (non-hydrogen) atoms. The number of rotatable bonds is 3. The molecular formula is C18H16BrN3O2S. The molecule has 1 aliphatic heterocycles. The van der Waals surface area contributed by atoms with Crippen LogP contribution in [0.2, 0.25) is 0 Å². The highest BCUT2D eigenvalue weighted by Crippen LogP contribution is 2.31.